The lowest BCUT2D eigenvalue weighted by molar-refractivity contribution is 0.410. The van der Waals surface area contributed by atoms with E-state index in [9.17, 15) is 0 Å². The van der Waals surface area contributed by atoms with E-state index in [0.717, 1.165) is 17.2 Å². The fourth-order valence-electron chi connectivity index (χ4n) is 1.79. The van der Waals surface area contributed by atoms with Crippen LogP contribution in [-0.4, -0.2) is 7.11 Å². The topological polar surface area (TPSA) is 9.23 Å². The minimum atomic E-state index is 0.707. The van der Waals surface area contributed by atoms with Gasteiger partial charge in [0.2, 0.25) is 0 Å². The molecule has 1 saturated carbocycles. The lowest BCUT2D eigenvalue weighted by Crippen LogP contribution is -1.93. The zero-order valence-electron chi connectivity index (χ0n) is 8.64. The first kappa shape index (κ1) is 9.85. The molecule has 0 atom stereocenters. The summed E-state index contributed by atoms with van der Waals surface area (Å²) in [5, 5.41) is 0.863. The Morgan fingerprint density at radius 1 is 1.43 bits per heavy atom. The van der Waals surface area contributed by atoms with Gasteiger partial charge in [-0.25, -0.2) is 0 Å². The summed E-state index contributed by atoms with van der Waals surface area (Å²) in [5.74, 6) is 1.63. The second-order valence-electron chi connectivity index (χ2n) is 3.81. The molecular formula is C12H15ClO. The molecule has 0 amide bonds. The van der Waals surface area contributed by atoms with Crippen molar-refractivity contribution in [2.45, 2.75) is 32.1 Å². The smallest absolute Gasteiger partial charge is 0.123 e. The Balaban J connectivity index is 2.42. The number of hydrogen-bond acceptors (Lipinski definition) is 1. The molecule has 1 fully saturated rings. The van der Waals surface area contributed by atoms with E-state index in [0.29, 0.717) is 5.92 Å². The van der Waals surface area contributed by atoms with Gasteiger partial charge in [0.1, 0.15) is 5.75 Å². The Kier molecular flexibility index (Phi) is 2.69. The number of hydrogen-bond donors (Lipinski definition) is 0. The normalized spacial score (nSPS) is 15.6. The van der Waals surface area contributed by atoms with Gasteiger partial charge >= 0.3 is 0 Å². The lowest BCUT2D eigenvalue weighted by atomic mass is 10.0. The summed E-state index contributed by atoms with van der Waals surface area (Å²) < 4.78 is 5.29. The van der Waals surface area contributed by atoms with Crippen molar-refractivity contribution >= 4 is 11.6 Å². The van der Waals surface area contributed by atoms with Crippen LogP contribution in [0.15, 0.2) is 12.1 Å². The molecule has 1 aliphatic carbocycles. The van der Waals surface area contributed by atoms with Crippen molar-refractivity contribution in [2.24, 2.45) is 0 Å². The first-order valence-electron chi connectivity index (χ1n) is 5.12. The van der Waals surface area contributed by atoms with Crippen molar-refractivity contribution in [1.82, 2.24) is 0 Å². The van der Waals surface area contributed by atoms with Crippen LogP contribution in [0.5, 0.6) is 5.75 Å². The zero-order valence-corrected chi connectivity index (χ0v) is 9.40. The number of ether oxygens (including phenoxy) is 1. The van der Waals surface area contributed by atoms with Gasteiger partial charge in [0.25, 0.3) is 0 Å². The predicted octanol–water partition coefficient (Wildman–Crippen LogP) is 3.79. The van der Waals surface area contributed by atoms with E-state index in [1.54, 1.807) is 7.11 Å². The van der Waals surface area contributed by atoms with Crippen molar-refractivity contribution in [3.63, 3.8) is 0 Å². The second kappa shape index (κ2) is 3.82. The summed E-state index contributed by atoms with van der Waals surface area (Å²) in [6, 6.07) is 4.16. The molecule has 2 heteroatoms. The quantitative estimate of drug-likeness (QED) is 0.738. The fraction of sp³-hybridized carbons (Fsp3) is 0.500. The minimum absolute atomic E-state index is 0.707. The largest absolute Gasteiger partial charge is 0.496 e. The van der Waals surface area contributed by atoms with Crippen molar-refractivity contribution in [1.29, 1.82) is 0 Å². The van der Waals surface area contributed by atoms with E-state index in [1.807, 2.05) is 6.07 Å². The van der Waals surface area contributed by atoms with E-state index in [2.05, 4.69) is 13.0 Å². The standard InChI is InChI=1S/C12H15ClO/c1-3-8-6-10(9-4-5-9)11(13)7-12(8)14-2/h6-7,9H,3-5H2,1-2H3. The first-order valence-corrected chi connectivity index (χ1v) is 5.50. The molecule has 0 bridgehead atoms. The second-order valence-corrected chi connectivity index (χ2v) is 4.22. The van der Waals surface area contributed by atoms with Crippen molar-refractivity contribution in [2.75, 3.05) is 7.11 Å². The third kappa shape index (κ3) is 1.74. The monoisotopic (exact) mass is 210 g/mol. The van der Waals surface area contributed by atoms with Gasteiger partial charge in [-0.05, 0) is 42.4 Å². The summed E-state index contributed by atoms with van der Waals surface area (Å²) in [7, 11) is 1.70. The zero-order chi connectivity index (χ0) is 10.1. The molecular weight excluding hydrogens is 196 g/mol. The fourth-order valence-corrected chi connectivity index (χ4v) is 2.10. The van der Waals surface area contributed by atoms with Crippen LogP contribution < -0.4 is 4.74 Å². The van der Waals surface area contributed by atoms with Crippen LogP contribution in [0, 0.1) is 0 Å². The summed E-state index contributed by atoms with van der Waals surface area (Å²) in [4.78, 5) is 0. The number of halogens is 1. The molecule has 0 unspecified atom stereocenters. The lowest BCUT2D eigenvalue weighted by Gasteiger charge is -2.10. The van der Waals surface area contributed by atoms with Gasteiger partial charge in [0, 0.05) is 5.02 Å². The molecule has 1 aliphatic rings. The summed E-state index contributed by atoms with van der Waals surface area (Å²) in [6.45, 7) is 2.14. The summed E-state index contributed by atoms with van der Waals surface area (Å²) >= 11 is 6.19. The molecule has 0 N–H and O–H groups in total. The molecule has 0 heterocycles. The van der Waals surface area contributed by atoms with Gasteiger partial charge in [-0.15, -0.1) is 0 Å². The van der Waals surface area contributed by atoms with Crippen LogP contribution in [0.25, 0.3) is 0 Å². The van der Waals surface area contributed by atoms with Crippen LogP contribution in [0.3, 0.4) is 0 Å². The molecule has 0 spiro atoms. The maximum Gasteiger partial charge on any atom is 0.123 e. The maximum atomic E-state index is 6.19. The van der Waals surface area contributed by atoms with E-state index < -0.39 is 0 Å². The third-order valence-corrected chi connectivity index (χ3v) is 3.13. The van der Waals surface area contributed by atoms with Crippen LogP contribution in [-0.2, 0) is 6.42 Å². The Morgan fingerprint density at radius 2 is 2.14 bits per heavy atom. The van der Waals surface area contributed by atoms with Crippen LogP contribution >= 0.6 is 11.6 Å². The van der Waals surface area contributed by atoms with Gasteiger partial charge in [0.05, 0.1) is 7.11 Å². The molecule has 1 aromatic rings. The maximum absolute atomic E-state index is 6.19. The van der Waals surface area contributed by atoms with Gasteiger partial charge in [-0.2, -0.15) is 0 Å². The van der Waals surface area contributed by atoms with Crippen molar-refractivity contribution < 1.29 is 4.74 Å². The highest BCUT2D eigenvalue weighted by atomic mass is 35.5. The average molecular weight is 211 g/mol. The Morgan fingerprint density at radius 3 is 2.64 bits per heavy atom. The SMILES string of the molecule is CCc1cc(C2CC2)c(Cl)cc1OC. The van der Waals surface area contributed by atoms with E-state index in [4.69, 9.17) is 16.3 Å². The van der Waals surface area contributed by atoms with E-state index in [-0.39, 0.29) is 0 Å². The molecule has 0 aliphatic heterocycles. The molecule has 0 saturated heterocycles. The first-order chi connectivity index (χ1) is 6.76. The summed E-state index contributed by atoms with van der Waals surface area (Å²) in [5.41, 5.74) is 2.57. The van der Waals surface area contributed by atoms with Gasteiger partial charge in [0.15, 0.2) is 0 Å². The third-order valence-electron chi connectivity index (χ3n) is 2.80. The Bertz CT molecular complexity index is 342. The minimum Gasteiger partial charge on any atom is -0.496 e. The van der Waals surface area contributed by atoms with E-state index >= 15 is 0 Å². The van der Waals surface area contributed by atoms with Crippen LogP contribution in [0.1, 0.15) is 36.8 Å². The highest BCUT2D eigenvalue weighted by molar-refractivity contribution is 6.31. The van der Waals surface area contributed by atoms with E-state index in [1.165, 1.54) is 24.0 Å². The number of methoxy groups -OCH3 is 1. The highest BCUT2D eigenvalue weighted by Crippen LogP contribution is 2.45. The molecule has 2 rings (SSSR count). The Labute approximate surface area is 90.0 Å². The van der Waals surface area contributed by atoms with Gasteiger partial charge in [-0.1, -0.05) is 24.6 Å². The molecule has 0 aromatic heterocycles. The van der Waals surface area contributed by atoms with Gasteiger partial charge in [-0.3, -0.25) is 0 Å². The highest BCUT2D eigenvalue weighted by Gasteiger charge is 2.26. The number of rotatable bonds is 3. The average Bonchev–Trinajstić information content (AvgIpc) is 3.01. The summed E-state index contributed by atoms with van der Waals surface area (Å²) in [6.07, 6.45) is 3.57. The van der Waals surface area contributed by atoms with Crippen LogP contribution in [0.2, 0.25) is 5.02 Å². The van der Waals surface area contributed by atoms with Crippen LogP contribution in [0.4, 0.5) is 0 Å². The Hall–Kier alpha value is -0.690. The van der Waals surface area contributed by atoms with Crippen molar-refractivity contribution in [3.8, 4) is 5.75 Å². The van der Waals surface area contributed by atoms with Crippen molar-refractivity contribution in [3.05, 3.63) is 28.3 Å². The number of aryl methyl sites for hydroxylation is 1. The predicted molar refractivity (Wildman–Crippen MR) is 59.4 cm³/mol. The molecule has 76 valence electrons. The molecule has 14 heavy (non-hydrogen) atoms. The number of benzene rings is 1. The van der Waals surface area contributed by atoms with Gasteiger partial charge < -0.3 is 4.74 Å². The molecule has 0 radical (unpaired) electrons. The molecule has 1 aromatic carbocycles. The molecule has 1 nitrogen and oxygen atoms in total.